The van der Waals surface area contributed by atoms with Gasteiger partial charge >= 0.3 is 0 Å². The van der Waals surface area contributed by atoms with Crippen LogP contribution in [0.2, 0.25) is 0 Å². The van der Waals surface area contributed by atoms with Crippen molar-refractivity contribution in [1.29, 1.82) is 0 Å². The van der Waals surface area contributed by atoms with Crippen molar-refractivity contribution in [2.75, 3.05) is 11.2 Å². The molecule has 1 aliphatic rings. The SMILES string of the molecule is CCCCC1CCC(C(=O)Nc2ccc(C(=O)CCCCl)cc2)CC1. The molecule has 0 heterocycles. The summed E-state index contributed by atoms with van der Waals surface area (Å²) in [7, 11) is 0. The highest BCUT2D eigenvalue weighted by molar-refractivity contribution is 6.18. The first-order valence-electron chi connectivity index (χ1n) is 9.64. The van der Waals surface area contributed by atoms with Crippen LogP contribution in [0, 0.1) is 11.8 Å². The summed E-state index contributed by atoms with van der Waals surface area (Å²) >= 11 is 5.62. The molecule has 0 unspecified atom stereocenters. The third-order valence-corrected chi connectivity index (χ3v) is 5.46. The molecule has 0 bridgehead atoms. The maximum Gasteiger partial charge on any atom is 0.227 e. The summed E-state index contributed by atoms with van der Waals surface area (Å²) in [6.07, 6.45) is 9.37. The van der Waals surface area contributed by atoms with Crippen molar-refractivity contribution in [1.82, 2.24) is 0 Å². The Kier molecular flexibility index (Phi) is 8.47. The van der Waals surface area contributed by atoms with Gasteiger partial charge in [-0.15, -0.1) is 11.6 Å². The number of ketones is 1. The van der Waals surface area contributed by atoms with Crippen LogP contribution >= 0.6 is 11.6 Å². The summed E-state index contributed by atoms with van der Waals surface area (Å²) in [5, 5.41) is 3.01. The van der Waals surface area contributed by atoms with E-state index in [-0.39, 0.29) is 17.6 Å². The van der Waals surface area contributed by atoms with E-state index in [9.17, 15) is 9.59 Å². The van der Waals surface area contributed by atoms with Gasteiger partial charge in [0.25, 0.3) is 0 Å². The van der Waals surface area contributed by atoms with E-state index in [0.29, 0.717) is 24.3 Å². The van der Waals surface area contributed by atoms with E-state index in [0.717, 1.165) is 24.4 Å². The molecule has 1 aliphatic carbocycles. The van der Waals surface area contributed by atoms with Gasteiger partial charge in [0, 0.05) is 29.5 Å². The lowest BCUT2D eigenvalue weighted by Crippen LogP contribution is -2.27. The predicted molar refractivity (Wildman–Crippen MR) is 104 cm³/mol. The number of benzene rings is 1. The number of hydrogen-bond donors (Lipinski definition) is 1. The molecule has 1 aromatic carbocycles. The molecule has 0 atom stereocenters. The van der Waals surface area contributed by atoms with Gasteiger partial charge in [0.15, 0.2) is 5.78 Å². The topological polar surface area (TPSA) is 46.2 Å². The molecular weight excluding hydrogens is 334 g/mol. The maximum atomic E-state index is 12.5. The quantitative estimate of drug-likeness (QED) is 0.443. The van der Waals surface area contributed by atoms with E-state index in [1.54, 1.807) is 12.1 Å². The molecule has 1 N–H and O–H groups in total. The third kappa shape index (κ3) is 6.47. The number of rotatable bonds is 9. The molecular formula is C21H30ClNO2. The van der Waals surface area contributed by atoms with Gasteiger partial charge in [-0.25, -0.2) is 0 Å². The average Bonchev–Trinajstić information content (AvgIpc) is 2.65. The standard InChI is InChI=1S/C21H30ClNO2/c1-2-3-5-16-7-9-18(10-8-16)21(25)23-19-13-11-17(12-14-19)20(24)6-4-15-22/h11-14,16,18H,2-10,15H2,1H3,(H,23,25). The van der Waals surface area contributed by atoms with Crippen LogP contribution in [-0.2, 0) is 4.79 Å². The van der Waals surface area contributed by atoms with Crippen molar-refractivity contribution in [3.8, 4) is 0 Å². The van der Waals surface area contributed by atoms with Crippen LogP contribution in [0.1, 0.15) is 75.1 Å². The molecule has 0 saturated heterocycles. The Balaban J connectivity index is 1.80. The van der Waals surface area contributed by atoms with Crippen LogP contribution in [-0.4, -0.2) is 17.6 Å². The van der Waals surface area contributed by atoms with Crippen LogP contribution in [0.4, 0.5) is 5.69 Å². The lowest BCUT2D eigenvalue weighted by Gasteiger charge is -2.27. The summed E-state index contributed by atoms with van der Waals surface area (Å²) in [6, 6.07) is 7.21. The van der Waals surface area contributed by atoms with Crippen molar-refractivity contribution in [3.05, 3.63) is 29.8 Å². The Morgan fingerprint density at radius 1 is 1.08 bits per heavy atom. The van der Waals surface area contributed by atoms with Crippen molar-refractivity contribution in [2.45, 2.75) is 64.7 Å². The van der Waals surface area contributed by atoms with Crippen LogP contribution in [0.5, 0.6) is 0 Å². The second kappa shape index (κ2) is 10.6. The van der Waals surface area contributed by atoms with Gasteiger partial charge < -0.3 is 5.32 Å². The zero-order chi connectivity index (χ0) is 18.1. The number of nitrogens with one attached hydrogen (secondary N) is 1. The molecule has 25 heavy (non-hydrogen) atoms. The molecule has 0 aromatic heterocycles. The molecule has 0 radical (unpaired) electrons. The fourth-order valence-corrected chi connectivity index (χ4v) is 3.70. The average molecular weight is 364 g/mol. The summed E-state index contributed by atoms with van der Waals surface area (Å²) in [5.74, 6) is 1.66. The molecule has 1 fully saturated rings. The van der Waals surface area contributed by atoms with Crippen molar-refractivity contribution >= 4 is 29.0 Å². The fraction of sp³-hybridized carbons (Fsp3) is 0.619. The van der Waals surface area contributed by atoms with E-state index >= 15 is 0 Å². The minimum absolute atomic E-state index is 0.101. The molecule has 3 nitrogen and oxygen atoms in total. The zero-order valence-electron chi connectivity index (χ0n) is 15.2. The Morgan fingerprint density at radius 2 is 1.76 bits per heavy atom. The highest BCUT2D eigenvalue weighted by Gasteiger charge is 2.26. The summed E-state index contributed by atoms with van der Waals surface area (Å²) < 4.78 is 0. The van der Waals surface area contributed by atoms with Crippen molar-refractivity contribution in [3.63, 3.8) is 0 Å². The Labute approximate surface area is 156 Å². The van der Waals surface area contributed by atoms with Gasteiger partial charge in [0.05, 0.1) is 0 Å². The number of carbonyl (C=O) groups excluding carboxylic acids is 2. The van der Waals surface area contributed by atoms with Gasteiger partial charge in [-0.2, -0.15) is 0 Å². The first-order chi connectivity index (χ1) is 12.1. The third-order valence-electron chi connectivity index (χ3n) is 5.20. The number of alkyl halides is 1. The fourth-order valence-electron chi connectivity index (χ4n) is 3.56. The molecule has 1 saturated carbocycles. The van der Waals surface area contributed by atoms with Crippen LogP contribution in [0.3, 0.4) is 0 Å². The smallest absolute Gasteiger partial charge is 0.227 e. The van der Waals surface area contributed by atoms with Gasteiger partial charge in [0.2, 0.25) is 5.91 Å². The Hall–Kier alpha value is -1.35. The minimum atomic E-state index is 0.101. The van der Waals surface area contributed by atoms with Crippen LogP contribution in [0.15, 0.2) is 24.3 Å². The maximum absolute atomic E-state index is 12.5. The Morgan fingerprint density at radius 3 is 2.36 bits per heavy atom. The Bertz CT molecular complexity index is 548. The molecule has 1 amide bonds. The van der Waals surface area contributed by atoms with E-state index in [1.165, 1.54) is 32.1 Å². The monoisotopic (exact) mass is 363 g/mol. The molecule has 138 valence electrons. The number of hydrogen-bond acceptors (Lipinski definition) is 2. The number of Topliss-reactive ketones (excluding diaryl/α,β-unsaturated/α-hetero) is 1. The van der Waals surface area contributed by atoms with Crippen molar-refractivity contribution < 1.29 is 9.59 Å². The summed E-state index contributed by atoms with van der Waals surface area (Å²) in [6.45, 7) is 2.23. The summed E-state index contributed by atoms with van der Waals surface area (Å²) in [4.78, 5) is 24.4. The van der Waals surface area contributed by atoms with E-state index < -0.39 is 0 Å². The molecule has 1 aromatic rings. The van der Waals surface area contributed by atoms with Crippen LogP contribution < -0.4 is 5.32 Å². The molecule has 2 rings (SSSR count). The molecule has 0 aliphatic heterocycles. The number of unbranched alkanes of at least 4 members (excludes halogenated alkanes) is 1. The van der Waals surface area contributed by atoms with Gasteiger partial charge in [-0.3, -0.25) is 9.59 Å². The largest absolute Gasteiger partial charge is 0.326 e. The van der Waals surface area contributed by atoms with Gasteiger partial charge in [-0.05, 0) is 62.3 Å². The second-order valence-electron chi connectivity index (χ2n) is 7.14. The first-order valence-corrected chi connectivity index (χ1v) is 10.2. The minimum Gasteiger partial charge on any atom is -0.326 e. The first kappa shape index (κ1) is 20.0. The second-order valence-corrected chi connectivity index (χ2v) is 7.52. The highest BCUT2D eigenvalue weighted by Crippen LogP contribution is 2.32. The predicted octanol–water partition coefficient (Wildman–Crippen LogP) is 5.82. The number of amides is 1. The summed E-state index contributed by atoms with van der Waals surface area (Å²) in [5.41, 5.74) is 1.45. The van der Waals surface area contributed by atoms with E-state index in [2.05, 4.69) is 12.2 Å². The highest BCUT2D eigenvalue weighted by atomic mass is 35.5. The molecule has 4 heteroatoms. The number of carbonyl (C=O) groups is 2. The number of halogens is 1. The van der Waals surface area contributed by atoms with Gasteiger partial charge in [0.1, 0.15) is 0 Å². The lowest BCUT2D eigenvalue weighted by atomic mass is 9.79. The molecule has 0 spiro atoms. The van der Waals surface area contributed by atoms with Gasteiger partial charge in [-0.1, -0.05) is 26.2 Å². The van der Waals surface area contributed by atoms with Crippen LogP contribution in [0.25, 0.3) is 0 Å². The van der Waals surface area contributed by atoms with E-state index in [1.807, 2.05) is 12.1 Å². The lowest BCUT2D eigenvalue weighted by molar-refractivity contribution is -0.121. The van der Waals surface area contributed by atoms with E-state index in [4.69, 9.17) is 11.6 Å². The number of anilines is 1. The van der Waals surface area contributed by atoms with Crippen molar-refractivity contribution in [2.24, 2.45) is 11.8 Å². The zero-order valence-corrected chi connectivity index (χ0v) is 16.0. The normalized spacial score (nSPS) is 20.2.